The number of hydrogen-bond acceptors (Lipinski definition) is 4. The summed E-state index contributed by atoms with van der Waals surface area (Å²) in [6.07, 6.45) is 2.78. The van der Waals surface area contributed by atoms with Crippen molar-refractivity contribution in [2.24, 2.45) is 0 Å². The molecule has 7 heteroatoms. The van der Waals surface area contributed by atoms with Crippen LogP contribution >= 0.6 is 11.6 Å². The molecular weight excluding hydrogens is 331 g/mol. The third kappa shape index (κ3) is 4.05. The van der Waals surface area contributed by atoms with Crippen molar-refractivity contribution in [1.29, 1.82) is 0 Å². The molecule has 0 spiro atoms. The van der Waals surface area contributed by atoms with E-state index in [-0.39, 0.29) is 11.5 Å². The zero-order valence-electron chi connectivity index (χ0n) is 12.3. The maximum atomic E-state index is 12.9. The fourth-order valence-corrected chi connectivity index (χ4v) is 2.14. The number of aromatic nitrogens is 2. The van der Waals surface area contributed by atoms with Gasteiger partial charge in [0.05, 0.1) is 12.4 Å². The number of halogens is 2. The van der Waals surface area contributed by atoms with Crippen molar-refractivity contribution in [3.05, 3.63) is 77.5 Å². The van der Waals surface area contributed by atoms with Gasteiger partial charge >= 0.3 is 0 Å². The Morgan fingerprint density at radius 3 is 2.46 bits per heavy atom. The minimum atomic E-state index is -0.391. The van der Waals surface area contributed by atoms with Crippen molar-refractivity contribution < 1.29 is 9.18 Å². The molecule has 0 unspecified atom stereocenters. The van der Waals surface area contributed by atoms with Gasteiger partial charge in [-0.3, -0.25) is 4.79 Å². The molecule has 3 aromatic rings. The van der Waals surface area contributed by atoms with E-state index in [1.54, 1.807) is 36.4 Å². The van der Waals surface area contributed by atoms with E-state index in [4.69, 9.17) is 11.6 Å². The number of anilines is 3. The minimum absolute atomic E-state index is 0.166. The number of nitrogens with zero attached hydrogens (tertiary/aromatic N) is 2. The van der Waals surface area contributed by atoms with Crippen LogP contribution in [0.4, 0.5) is 21.6 Å². The Morgan fingerprint density at radius 2 is 1.79 bits per heavy atom. The molecule has 0 atom stereocenters. The molecule has 0 radical (unpaired) electrons. The minimum Gasteiger partial charge on any atom is -0.339 e. The van der Waals surface area contributed by atoms with Gasteiger partial charge in [0, 0.05) is 16.4 Å². The van der Waals surface area contributed by atoms with E-state index < -0.39 is 5.91 Å². The van der Waals surface area contributed by atoms with Crippen molar-refractivity contribution in [3.8, 4) is 0 Å². The average molecular weight is 343 g/mol. The molecule has 0 bridgehead atoms. The molecule has 0 saturated heterocycles. The Labute approximate surface area is 142 Å². The second kappa shape index (κ2) is 7.06. The largest absolute Gasteiger partial charge is 0.339 e. The predicted octanol–water partition coefficient (Wildman–Crippen LogP) is 4.27. The first-order valence-electron chi connectivity index (χ1n) is 7.02. The maximum Gasteiger partial charge on any atom is 0.275 e. The van der Waals surface area contributed by atoms with E-state index in [2.05, 4.69) is 20.6 Å². The highest BCUT2D eigenvalue weighted by Crippen LogP contribution is 2.16. The van der Waals surface area contributed by atoms with Gasteiger partial charge in [0.25, 0.3) is 5.91 Å². The van der Waals surface area contributed by atoms with Crippen LogP contribution in [0.2, 0.25) is 5.02 Å². The highest BCUT2D eigenvalue weighted by Gasteiger charge is 2.09. The first-order chi connectivity index (χ1) is 11.6. The van der Waals surface area contributed by atoms with E-state index in [1.807, 2.05) is 0 Å². The van der Waals surface area contributed by atoms with E-state index in [9.17, 15) is 9.18 Å². The molecule has 3 rings (SSSR count). The van der Waals surface area contributed by atoms with Gasteiger partial charge in [-0.15, -0.1) is 0 Å². The number of carbonyl (C=O) groups excluding carboxylic acids is 1. The predicted molar refractivity (Wildman–Crippen MR) is 91.1 cm³/mol. The molecule has 0 aliphatic carbocycles. The number of nitrogens with one attached hydrogen (secondary N) is 2. The molecule has 1 heterocycles. The van der Waals surface area contributed by atoms with Crippen LogP contribution in [0.5, 0.6) is 0 Å². The second-order valence-electron chi connectivity index (χ2n) is 4.88. The molecule has 120 valence electrons. The highest BCUT2D eigenvalue weighted by atomic mass is 35.5. The molecule has 1 amide bonds. The van der Waals surface area contributed by atoms with Crippen molar-refractivity contribution in [2.75, 3.05) is 10.6 Å². The summed E-state index contributed by atoms with van der Waals surface area (Å²) in [6, 6.07) is 12.6. The maximum absolute atomic E-state index is 12.9. The van der Waals surface area contributed by atoms with Gasteiger partial charge in [-0.2, -0.15) is 0 Å². The quantitative estimate of drug-likeness (QED) is 0.743. The number of benzene rings is 2. The standard InChI is InChI=1S/C17H12ClFN4O/c18-11-2-1-3-14(8-11)23-17(24)15-9-21-16(10-20-15)22-13-6-4-12(19)5-7-13/h1-10H,(H,21,22)(H,23,24). The lowest BCUT2D eigenvalue weighted by Crippen LogP contribution is -2.14. The van der Waals surface area contributed by atoms with Gasteiger partial charge in [0.15, 0.2) is 0 Å². The molecule has 2 aromatic carbocycles. The zero-order chi connectivity index (χ0) is 16.9. The van der Waals surface area contributed by atoms with Gasteiger partial charge in [0.2, 0.25) is 0 Å². The van der Waals surface area contributed by atoms with Crippen molar-refractivity contribution in [3.63, 3.8) is 0 Å². The van der Waals surface area contributed by atoms with Crippen LogP contribution in [-0.2, 0) is 0 Å². The summed E-state index contributed by atoms with van der Waals surface area (Å²) in [5, 5.41) is 6.18. The van der Waals surface area contributed by atoms with E-state index in [0.29, 0.717) is 22.2 Å². The second-order valence-corrected chi connectivity index (χ2v) is 5.32. The van der Waals surface area contributed by atoms with E-state index >= 15 is 0 Å². The number of amides is 1. The summed E-state index contributed by atoms with van der Waals surface area (Å²) in [6.45, 7) is 0. The van der Waals surface area contributed by atoms with Crippen molar-refractivity contribution >= 4 is 34.7 Å². The monoisotopic (exact) mass is 342 g/mol. The summed E-state index contributed by atoms with van der Waals surface area (Å²) in [4.78, 5) is 20.3. The van der Waals surface area contributed by atoms with Crippen molar-refractivity contribution in [1.82, 2.24) is 9.97 Å². The lowest BCUT2D eigenvalue weighted by molar-refractivity contribution is 0.102. The molecular formula is C17H12ClFN4O. The van der Waals surface area contributed by atoms with Crippen LogP contribution in [0.3, 0.4) is 0 Å². The SMILES string of the molecule is O=C(Nc1cccc(Cl)c1)c1cnc(Nc2ccc(F)cc2)cn1. The number of carbonyl (C=O) groups is 1. The van der Waals surface area contributed by atoms with Crippen LogP contribution < -0.4 is 10.6 Å². The summed E-state index contributed by atoms with van der Waals surface area (Å²) >= 11 is 5.87. The van der Waals surface area contributed by atoms with Crippen LogP contribution in [0.25, 0.3) is 0 Å². The first kappa shape index (κ1) is 15.9. The number of rotatable bonds is 4. The van der Waals surface area contributed by atoms with Crippen molar-refractivity contribution in [2.45, 2.75) is 0 Å². The fraction of sp³-hybridized carbons (Fsp3) is 0. The Hall–Kier alpha value is -2.99. The lowest BCUT2D eigenvalue weighted by Gasteiger charge is -2.07. The first-order valence-corrected chi connectivity index (χ1v) is 7.39. The molecule has 1 aromatic heterocycles. The van der Waals surface area contributed by atoms with Gasteiger partial charge in [-0.05, 0) is 42.5 Å². The normalized spacial score (nSPS) is 10.2. The fourth-order valence-electron chi connectivity index (χ4n) is 1.95. The molecule has 24 heavy (non-hydrogen) atoms. The summed E-state index contributed by atoms with van der Waals surface area (Å²) in [5.41, 5.74) is 1.41. The molecule has 0 aliphatic heterocycles. The molecule has 2 N–H and O–H groups in total. The summed E-state index contributed by atoms with van der Waals surface area (Å²) < 4.78 is 12.9. The van der Waals surface area contributed by atoms with E-state index in [0.717, 1.165) is 0 Å². The topological polar surface area (TPSA) is 66.9 Å². The molecule has 0 saturated carbocycles. The number of hydrogen-bond donors (Lipinski definition) is 2. The van der Waals surface area contributed by atoms with Gasteiger partial charge in [-0.1, -0.05) is 17.7 Å². The Bertz CT molecular complexity index is 853. The smallest absolute Gasteiger partial charge is 0.275 e. The van der Waals surface area contributed by atoms with Gasteiger partial charge < -0.3 is 10.6 Å². The molecule has 0 aliphatic rings. The lowest BCUT2D eigenvalue weighted by atomic mass is 10.3. The summed E-state index contributed by atoms with van der Waals surface area (Å²) in [7, 11) is 0. The molecule has 5 nitrogen and oxygen atoms in total. The van der Waals surface area contributed by atoms with Crippen LogP contribution in [-0.4, -0.2) is 15.9 Å². The van der Waals surface area contributed by atoms with Gasteiger partial charge in [0.1, 0.15) is 17.3 Å². The van der Waals surface area contributed by atoms with Gasteiger partial charge in [-0.25, -0.2) is 14.4 Å². The third-order valence-corrected chi connectivity index (χ3v) is 3.32. The zero-order valence-corrected chi connectivity index (χ0v) is 13.1. The Balaban J connectivity index is 1.67. The van der Waals surface area contributed by atoms with Crippen LogP contribution in [0.15, 0.2) is 60.9 Å². The molecule has 0 fully saturated rings. The average Bonchev–Trinajstić information content (AvgIpc) is 2.57. The van der Waals surface area contributed by atoms with Crippen LogP contribution in [0, 0.1) is 5.82 Å². The van der Waals surface area contributed by atoms with Crippen LogP contribution in [0.1, 0.15) is 10.5 Å². The Morgan fingerprint density at radius 1 is 1.00 bits per heavy atom. The Kier molecular flexibility index (Phi) is 4.67. The van der Waals surface area contributed by atoms with E-state index in [1.165, 1.54) is 24.5 Å². The highest BCUT2D eigenvalue weighted by molar-refractivity contribution is 6.30. The summed E-state index contributed by atoms with van der Waals surface area (Å²) in [5.74, 6) is -0.265. The third-order valence-electron chi connectivity index (χ3n) is 3.08.